The summed E-state index contributed by atoms with van der Waals surface area (Å²) in [6, 6.07) is 5.48. The highest BCUT2D eigenvalue weighted by Gasteiger charge is 2.10. The number of anilines is 1. The molecule has 0 aliphatic heterocycles. The van der Waals surface area contributed by atoms with Crippen molar-refractivity contribution in [3.05, 3.63) is 28.8 Å². The van der Waals surface area contributed by atoms with Crippen molar-refractivity contribution in [1.82, 2.24) is 0 Å². The molecule has 0 aliphatic rings. The Balaban J connectivity index is 2.91. The maximum atomic E-state index is 9.34. The van der Waals surface area contributed by atoms with Crippen LogP contribution in [0.3, 0.4) is 0 Å². The predicted octanol–water partition coefficient (Wildman–Crippen LogP) is 2.43. The molecule has 0 bridgehead atoms. The van der Waals surface area contributed by atoms with E-state index >= 15 is 0 Å². The third kappa shape index (κ3) is 4.19. The molecule has 0 saturated heterocycles. The lowest BCUT2D eigenvalue weighted by Gasteiger charge is -2.26. The van der Waals surface area contributed by atoms with Gasteiger partial charge in [0.15, 0.2) is 0 Å². The third-order valence-corrected chi connectivity index (χ3v) is 2.94. The first kappa shape index (κ1) is 14.3. The molecule has 1 aromatic carbocycles. The van der Waals surface area contributed by atoms with Gasteiger partial charge in [0, 0.05) is 29.4 Å². The first-order chi connectivity index (χ1) is 8.22. The zero-order valence-electron chi connectivity index (χ0n) is 10.2. The highest BCUT2D eigenvalue weighted by molar-refractivity contribution is 6.30. The summed E-state index contributed by atoms with van der Waals surface area (Å²) in [5.41, 5.74) is 1.77. The van der Waals surface area contributed by atoms with Crippen molar-refractivity contribution in [3.63, 3.8) is 0 Å². The van der Waals surface area contributed by atoms with Crippen molar-refractivity contribution >= 4 is 17.3 Å². The van der Waals surface area contributed by atoms with Crippen LogP contribution in [0.25, 0.3) is 0 Å². The number of nitrogens with zero attached hydrogens (tertiary/aromatic N) is 1. The lowest BCUT2D eigenvalue weighted by Crippen LogP contribution is -2.28. The van der Waals surface area contributed by atoms with Crippen molar-refractivity contribution < 1.29 is 10.2 Å². The van der Waals surface area contributed by atoms with E-state index < -0.39 is 0 Å². The summed E-state index contributed by atoms with van der Waals surface area (Å²) in [5, 5.41) is 19.0. The Morgan fingerprint density at radius 3 is 2.59 bits per heavy atom. The summed E-state index contributed by atoms with van der Waals surface area (Å²) in [6.07, 6.45) is 2.16. The molecule has 2 N–H and O–H groups in total. The molecular weight excluding hydrogens is 238 g/mol. The van der Waals surface area contributed by atoms with Gasteiger partial charge < -0.3 is 15.1 Å². The first-order valence-electron chi connectivity index (χ1n) is 5.98. The summed E-state index contributed by atoms with van der Waals surface area (Å²) < 4.78 is 0. The molecule has 0 saturated carbocycles. The van der Waals surface area contributed by atoms with Gasteiger partial charge in [-0.25, -0.2) is 0 Å². The molecule has 0 amide bonds. The highest BCUT2D eigenvalue weighted by Crippen LogP contribution is 2.24. The number of rotatable bonds is 7. The molecule has 1 rings (SSSR count). The second kappa shape index (κ2) is 7.54. The van der Waals surface area contributed by atoms with Crippen molar-refractivity contribution in [2.24, 2.45) is 0 Å². The smallest absolute Gasteiger partial charge is 0.0702 e. The normalized spacial score (nSPS) is 10.6. The highest BCUT2D eigenvalue weighted by atomic mass is 35.5. The van der Waals surface area contributed by atoms with Crippen molar-refractivity contribution in [2.45, 2.75) is 26.4 Å². The van der Waals surface area contributed by atoms with E-state index in [-0.39, 0.29) is 13.2 Å². The summed E-state index contributed by atoms with van der Waals surface area (Å²) in [7, 11) is 0. The van der Waals surface area contributed by atoms with Gasteiger partial charge in [0.25, 0.3) is 0 Å². The quantitative estimate of drug-likeness (QED) is 0.789. The number of unbranched alkanes of at least 4 members (excludes halogenated alkanes) is 1. The Kier molecular flexibility index (Phi) is 6.34. The molecular formula is C13H20ClNO2. The number of benzene rings is 1. The fourth-order valence-corrected chi connectivity index (χ4v) is 2.01. The molecule has 0 unspecified atom stereocenters. The molecule has 1 aromatic rings. The van der Waals surface area contributed by atoms with Crippen LogP contribution in [0, 0.1) is 0 Å². The number of hydrogen-bond acceptors (Lipinski definition) is 3. The van der Waals surface area contributed by atoms with E-state index in [2.05, 4.69) is 11.8 Å². The van der Waals surface area contributed by atoms with Crippen LogP contribution in [0.15, 0.2) is 18.2 Å². The average Bonchev–Trinajstić information content (AvgIpc) is 2.34. The number of halogens is 1. The Morgan fingerprint density at radius 1 is 1.24 bits per heavy atom. The molecule has 0 spiro atoms. The molecule has 4 heteroatoms. The number of hydrogen-bond donors (Lipinski definition) is 2. The maximum Gasteiger partial charge on any atom is 0.0702 e. The zero-order chi connectivity index (χ0) is 12.7. The summed E-state index contributed by atoms with van der Waals surface area (Å²) >= 11 is 5.90. The van der Waals surface area contributed by atoms with Gasteiger partial charge in [-0.1, -0.05) is 24.9 Å². The van der Waals surface area contributed by atoms with E-state index in [1.54, 1.807) is 6.07 Å². The van der Waals surface area contributed by atoms with Crippen molar-refractivity contribution in [2.75, 3.05) is 24.6 Å². The Hall–Kier alpha value is -0.770. The van der Waals surface area contributed by atoms with Gasteiger partial charge in [-0.2, -0.15) is 0 Å². The topological polar surface area (TPSA) is 43.7 Å². The summed E-state index contributed by atoms with van der Waals surface area (Å²) in [6.45, 7) is 3.66. The van der Waals surface area contributed by atoms with E-state index in [1.165, 1.54) is 0 Å². The molecule has 0 heterocycles. The second-order valence-corrected chi connectivity index (χ2v) is 4.43. The Labute approximate surface area is 108 Å². The zero-order valence-corrected chi connectivity index (χ0v) is 11.0. The van der Waals surface area contributed by atoms with Gasteiger partial charge >= 0.3 is 0 Å². The monoisotopic (exact) mass is 257 g/mol. The molecule has 17 heavy (non-hydrogen) atoms. The van der Waals surface area contributed by atoms with Gasteiger partial charge in [0.1, 0.15) is 0 Å². The minimum Gasteiger partial charge on any atom is -0.395 e. The molecule has 3 nitrogen and oxygen atoms in total. The van der Waals surface area contributed by atoms with Crippen LogP contribution in [0.1, 0.15) is 25.3 Å². The maximum absolute atomic E-state index is 9.34. The molecule has 0 atom stereocenters. The van der Waals surface area contributed by atoms with E-state index in [1.807, 2.05) is 12.1 Å². The van der Waals surface area contributed by atoms with Gasteiger partial charge in [-0.3, -0.25) is 0 Å². The van der Waals surface area contributed by atoms with Crippen LogP contribution in [0.4, 0.5) is 5.69 Å². The van der Waals surface area contributed by atoms with Crippen LogP contribution in [0.5, 0.6) is 0 Å². The van der Waals surface area contributed by atoms with Crippen LogP contribution >= 0.6 is 11.6 Å². The minimum absolute atomic E-state index is 0.0378. The van der Waals surface area contributed by atoms with Gasteiger partial charge in [-0.05, 0) is 24.6 Å². The fourth-order valence-electron chi connectivity index (χ4n) is 1.81. The van der Waals surface area contributed by atoms with Crippen LogP contribution in [0.2, 0.25) is 5.02 Å². The van der Waals surface area contributed by atoms with Crippen molar-refractivity contribution in [3.8, 4) is 0 Å². The van der Waals surface area contributed by atoms with E-state index in [4.69, 9.17) is 16.7 Å². The van der Waals surface area contributed by atoms with Gasteiger partial charge in [-0.15, -0.1) is 0 Å². The van der Waals surface area contributed by atoms with E-state index in [9.17, 15) is 5.11 Å². The predicted molar refractivity (Wildman–Crippen MR) is 71.6 cm³/mol. The van der Waals surface area contributed by atoms with E-state index in [0.717, 1.165) is 30.6 Å². The Bertz CT molecular complexity index is 344. The first-order valence-corrected chi connectivity index (χ1v) is 6.35. The van der Waals surface area contributed by atoms with Crippen LogP contribution < -0.4 is 4.90 Å². The van der Waals surface area contributed by atoms with Crippen LogP contribution in [-0.2, 0) is 6.61 Å². The molecule has 0 fully saturated rings. The fraction of sp³-hybridized carbons (Fsp3) is 0.538. The lowest BCUT2D eigenvalue weighted by atomic mass is 10.1. The number of aliphatic hydroxyl groups is 2. The summed E-state index contributed by atoms with van der Waals surface area (Å²) in [5.74, 6) is 0. The number of aliphatic hydroxyl groups excluding tert-OH is 2. The molecule has 0 radical (unpaired) electrons. The SMILES string of the molecule is CCCCN(CCO)c1ccc(Cl)cc1CO. The third-order valence-electron chi connectivity index (χ3n) is 2.70. The van der Waals surface area contributed by atoms with E-state index in [0.29, 0.717) is 11.6 Å². The average molecular weight is 258 g/mol. The second-order valence-electron chi connectivity index (χ2n) is 4.00. The molecule has 0 aliphatic carbocycles. The molecule has 96 valence electrons. The molecule has 0 aromatic heterocycles. The summed E-state index contributed by atoms with van der Waals surface area (Å²) in [4.78, 5) is 2.09. The largest absolute Gasteiger partial charge is 0.395 e. The van der Waals surface area contributed by atoms with Crippen LogP contribution in [-0.4, -0.2) is 29.9 Å². The Morgan fingerprint density at radius 2 is 2.00 bits per heavy atom. The standard InChI is InChI=1S/C13H20ClNO2/c1-2-3-6-15(7-8-16)13-5-4-12(14)9-11(13)10-17/h4-5,9,16-17H,2-3,6-8,10H2,1H3. The van der Waals surface area contributed by atoms with Crippen molar-refractivity contribution in [1.29, 1.82) is 0 Å². The van der Waals surface area contributed by atoms with Gasteiger partial charge in [0.05, 0.1) is 13.2 Å². The minimum atomic E-state index is -0.0378. The van der Waals surface area contributed by atoms with Gasteiger partial charge in [0.2, 0.25) is 0 Å². The lowest BCUT2D eigenvalue weighted by molar-refractivity contribution is 0.280.